The van der Waals surface area contributed by atoms with Gasteiger partial charge in [-0.3, -0.25) is 4.79 Å². The van der Waals surface area contributed by atoms with Gasteiger partial charge in [0.1, 0.15) is 11.6 Å². The highest BCUT2D eigenvalue weighted by atomic mass is 16.5. The Balaban J connectivity index is 1.30. The lowest BCUT2D eigenvalue weighted by Gasteiger charge is -2.18. The number of amides is 1. The maximum atomic E-state index is 12.9. The zero-order chi connectivity index (χ0) is 22.6. The van der Waals surface area contributed by atoms with E-state index in [-0.39, 0.29) is 11.8 Å². The van der Waals surface area contributed by atoms with Crippen molar-refractivity contribution >= 4 is 22.6 Å². The quantitative estimate of drug-likeness (QED) is 0.330. The van der Waals surface area contributed by atoms with Crippen molar-refractivity contribution in [1.82, 2.24) is 9.55 Å². The zero-order valence-corrected chi connectivity index (χ0v) is 19.0. The number of anilines is 1. The van der Waals surface area contributed by atoms with Crippen molar-refractivity contribution < 1.29 is 9.53 Å². The number of ether oxygens (including phenoxy) is 1. The van der Waals surface area contributed by atoms with Crippen LogP contribution in [0.3, 0.4) is 0 Å². The Kier molecular flexibility index (Phi) is 6.11. The zero-order valence-electron chi connectivity index (χ0n) is 19.0. The molecule has 0 spiro atoms. The van der Waals surface area contributed by atoms with E-state index in [0.29, 0.717) is 19.6 Å². The standard InChI is InChI=1S/C28H29N3O2/c1-21-13-15-23(16-14-21)31-20-22(19-27(31)32)28-29-25-11-5-6-12-26(25)30(28)17-7-8-18-33-24-9-3-2-4-10-24/h2-6,9-16,22H,7-8,17-20H2,1H3/t22-/m0/s1. The van der Waals surface area contributed by atoms with Crippen LogP contribution in [0, 0.1) is 6.92 Å². The van der Waals surface area contributed by atoms with Crippen LogP contribution in [0.15, 0.2) is 78.9 Å². The first-order chi connectivity index (χ1) is 16.2. The number of imidazole rings is 1. The number of fused-ring (bicyclic) bond motifs is 1. The number of rotatable bonds is 8. The number of hydrogen-bond donors (Lipinski definition) is 0. The smallest absolute Gasteiger partial charge is 0.227 e. The minimum atomic E-state index is 0.0896. The van der Waals surface area contributed by atoms with Crippen LogP contribution in [-0.4, -0.2) is 28.6 Å². The van der Waals surface area contributed by atoms with E-state index in [9.17, 15) is 4.79 Å². The molecule has 0 saturated carbocycles. The Bertz CT molecular complexity index is 1230. The summed E-state index contributed by atoms with van der Waals surface area (Å²) in [5, 5.41) is 0. The molecule has 1 aliphatic heterocycles. The maximum Gasteiger partial charge on any atom is 0.227 e. The van der Waals surface area contributed by atoms with E-state index < -0.39 is 0 Å². The lowest BCUT2D eigenvalue weighted by atomic mass is 10.1. The topological polar surface area (TPSA) is 47.4 Å². The number of aryl methyl sites for hydroxylation is 2. The molecule has 1 saturated heterocycles. The maximum absolute atomic E-state index is 12.9. The number of aromatic nitrogens is 2. The summed E-state index contributed by atoms with van der Waals surface area (Å²) >= 11 is 0. The number of para-hydroxylation sites is 3. The normalized spacial score (nSPS) is 16.0. The Morgan fingerprint density at radius 3 is 2.52 bits per heavy atom. The van der Waals surface area contributed by atoms with Gasteiger partial charge in [-0.2, -0.15) is 0 Å². The van der Waals surface area contributed by atoms with Crippen LogP contribution in [0.2, 0.25) is 0 Å². The van der Waals surface area contributed by atoms with Crippen molar-refractivity contribution in [3.8, 4) is 5.75 Å². The van der Waals surface area contributed by atoms with Gasteiger partial charge in [0.05, 0.1) is 17.6 Å². The summed E-state index contributed by atoms with van der Waals surface area (Å²) in [6, 6.07) is 26.4. The molecule has 2 heterocycles. The SMILES string of the molecule is Cc1ccc(N2C[C@@H](c3nc4ccccc4n3CCCCOc3ccccc3)CC2=O)cc1. The van der Waals surface area contributed by atoms with Gasteiger partial charge in [-0.15, -0.1) is 0 Å². The van der Waals surface area contributed by atoms with Crippen LogP contribution in [0.5, 0.6) is 5.75 Å². The van der Waals surface area contributed by atoms with Crippen LogP contribution >= 0.6 is 0 Å². The van der Waals surface area contributed by atoms with E-state index >= 15 is 0 Å². The average Bonchev–Trinajstić information content (AvgIpc) is 3.41. The van der Waals surface area contributed by atoms with E-state index in [1.54, 1.807) is 0 Å². The Morgan fingerprint density at radius 1 is 0.939 bits per heavy atom. The third kappa shape index (κ3) is 4.63. The minimum Gasteiger partial charge on any atom is -0.494 e. The minimum absolute atomic E-state index is 0.0896. The van der Waals surface area contributed by atoms with Crippen molar-refractivity contribution in [2.75, 3.05) is 18.1 Å². The molecule has 5 rings (SSSR count). The second-order valence-corrected chi connectivity index (χ2v) is 8.72. The molecule has 1 atom stereocenters. The summed E-state index contributed by atoms with van der Waals surface area (Å²) < 4.78 is 8.17. The molecule has 1 fully saturated rings. The molecule has 1 aliphatic rings. The number of hydrogen-bond acceptors (Lipinski definition) is 3. The van der Waals surface area contributed by atoms with E-state index in [2.05, 4.69) is 41.8 Å². The molecule has 1 aromatic heterocycles. The van der Waals surface area contributed by atoms with Gasteiger partial charge >= 0.3 is 0 Å². The second kappa shape index (κ2) is 9.49. The summed E-state index contributed by atoms with van der Waals surface area (Å²) in [7, 11) is 0. The fourth-order valence-corrected chi connectivity index (χ4v) is 4.57. The summed E-state index contributed by atoms with van der Waals surface area (Å²) in [5.41, 5.74) is 4.29. The van der Waals surface area contributed by atoms with Crippen LogP contribution in [0.4, 0.5) is 5.69 Å². The highest BCUT2D eigenvalue weighted by Crippen LogP contribution is 2.33. The first kappa shape index (κ1) is 21.3. The molecule has 0 radical (unpaired) electrons. The summed E-state index contributed by atoms with van der Waals surface area (Å²) in [4.78, 5) is 19.8. The summed E-state index contributed by atoms with van der Waals surface area (Å²) in [5.74, 6) is 2.18. The van der Waals surface area contributed by atoms with Gasteiger partial charge in [-0.05, 0) is 56.2 Å². The lowest BCUT2D eigenvalue weighted by molar-refractivity contribution is -0.117. The number of carbonyl (C=O) groups excluding carboxylic acids is 1. The lowest BCUT2D eigenvalue weighted by Crippen LogP contribution is -2.24. The van der Waals surface area contributed by atoms with Crippen molar-refractivity contribution in [3.63, 3.8) is 0 Å². The first-order valence-corrected chi connectivity index (χ1v) is 11.7. The molecule has 0 N–H and O–H groups in total. The van der Waals surface area contributed by atoms with E-state index in [0.717, 1.165) is 47.7 Å². The molecular formula is C28H29N3O2. The van der Waals surface area contributed by atoms with Crippen LogP contribution in [0.1, 0.15) is 36.6 Å². The predicted molar refractivity (Wildman–Crippen MR) is 132 cm³/mol. The fourth-order valence-electron chi connectivity index (χ4n) is 4.57. The molecule has 4 aromatic rings. The fraction of sp³-hybridized carbons (Fsp3) is 0.286. The van der Waals surface area contributed by atoms with E-state index in [1.807, 2.05) is 53.4 Å². The molecule has 0 aliphatic carbocycles. The number of carbonyl (C=O) groups is 1. The van der Waals surface area contributed by atoms with Gasteiger partial charge in [0.2, 0.25) is 5.91 Å². The molecule has 1 amide bonds. The third-order valence-electron chi connectivity index (χ3n) is 6.31. The molecular weight excluding hydrogens is 410 g/mol. The highest BCUT2D eigenvalue weighted by molar-refractivity contribution is 5.96. The van der Waals surface area contributed by atoms with E-state index in [1.165, 1.54) is 5.56 Å². The van der Waals surface area contributed by atoms with Gasteiger partial charge in [-0.25, -0.2) is 4.98 Å². The average molecular weight is 440 g/mol. The van der Waals surface area contributed by atoms with Crippen molar-refractivity contribution in [2.24, 2.45) is 0 Å². The number of nitrogens with zero attached hydrogens (tertiary/aromatic N) is 3. The van der Waals surface area contributed by atoms with Gasteiger partial charge in [0.25, 0.3) is 0 Å². The molecule has 3 aromatic carbocycles. The highest BCUT2D eigenvalue weighted by Gasteiger charge is 2.34. The summed E-state index contributed by atoms with van der Waals surface area (Å²) in [6.45, 7) is 4.28. The van der Waals surface area contributed by atoms with Gasteiger partial charge < -0.3 is 14.2 Å². The van der Waals surface area contributed by atoms with Gasteiger partial charge in [0.15, 0.2) is 0 Å². The molecule has 168 valence electrons. The van der Waals surface area contributed by atoms with Gasteiger partial charge in [-0.1, -0.05) is 48.0 Å². The van der Waals surface area contributed by atoms with Crippen molar-refractivity contribution in [1.29, 1.82) is 0 Å². The van der Waals surface area contributed by atoms with E-state index in [4.69, 9.17) is 9.72 Å². The Labute approximate surface area is 194 Å². The molecule has 33 heavy (non-hydrogen) atoms. The summed E-state index contributed by atoms with van der Waals surface area (Å²) in [6.07, 6.45) is 2.44. The second-order valence-electron chi connectivity index (χ2n) is 8.72. The molecule has 0 bridgehead atoms. The van der Waals surface area contributed by atoms with Crippen LogP contribution in [-0.2, 0) is 11.3 Å². The third-order valence-corrected chi connectivity index (χ3v) is 6.31. The monoisotopic (exact) mass is 439 g/mol. The van der Waals surface area contributed by atoms with Crippen molar-refractivity contribution in [3.05, 3.63) is 90.3 Å². The van der Waals surface area contributed by atoms with Crippen LogP contribution < -0.4 is 9.64 Å². The predicted octanol–water partition coefficient (Wildman–Crippen LogP) is 5.72. The Morgan fingerprint density at radius 2 is 1.70 bits per heavy atom. The van der Waals surface area contributed by atoms with Crippen molar-refractivity contribution in [2.45, 2.75) is 38.6 Å². The number of unbranched alkanes of at least 4 members (excludes halogenated alkanes) is 1. The first-order valence-electron chi connectivity index (χ1n) is 11.7. The molecule has 5 heteroatoms. The largest absolute Gasteiger partial charge is 0.494 e. The number of benzene rings is 3. The molecule has 5 nitrogen and oxygen atoms in total. The van der Waals surface area contributed by atoms with Gasteiger partial charge in [0, 0.05) is 31.1 Å². The molecule has 0 unspecified atom stereocenters. The Hall–Kier alpha value is -3.60. The van der Waals surface area contributed by atoms with Crippen LogP contribution in [0.25, 0.3) is 11.0 Å².